The van der Waals surface area contributed by atoms with Crippen molar-refractivity contribution in [3.05, 3.63) is 0 Å². The first-order valence-corrected chi connectivity index (χ1v) is 8.31. The third-order valence-corrected chi connectivity index (χ3v) is 5.27. The fraction of sp³-hybridized carbons (Fsp3) is 0.938. The van der Waals surface area contributed by atoms with Gasteiger partial charge >= 0.3 is 0 Å². The summed E-state index contributed by atoms with van der Waals surface area (Å²) in [6.07, 6.45) is 4.73. The van der Waals surface area contributed by atoms with Crippen LogP contribution in [0.1, 0.15) is 39.0 Å². The van der Waals surface area contributed by atoms with E-state index in [-0.39, 0.29) is 11.9 Å². The van der Waals surface area contributed by atoms with Crippen LogP contribution in [0.25, 0.3) is 0 Å². The van der Waals surface area contributed by atoms with Crippen LogP contribution in [0.4, 0.5) is 0 Å². The quantitative estimate of drug-likeness (QED) is 0.814. The van der Waals surface area contributed by atoms with Gasteiger partial charge in [-0.05, 0) is 33.2 Å². The maximum atomic E-state index is 12.5. The average Bonchev–Trinajstić information content (AvgIpc) is 2.91. The number of amides is 1. The zero-order chi connectivity index (χ0) is 15.5. The van der Waals surface area contributed by atoms with Crippen LogP contribution >= 0.6 is 0 Å². The first-order chi connectivity index (χ1) is 9.91. The molecule has 1 saturated heterocycles. The lowest BCUT2D eigenvalue weighted by Gasteiger charge is -2.37. The minimum absolute atomic E-state index is 0.0538. The molecule has 2 fully saturated rings. The molecule has 0 bridgehead atoms. The molecule has 1 N–H and O–H groups in total. The van der Waals surface area contributed by atoms with Crippen LogP contribution in [0.15, 0.2) is 0 Å². The van der Waals surface area contributed by atoms with Crippen LogP contribution in [0.3, 0.4) is 0 Å². The number of aliphatic hydroxyl groups is 1. The number of rotatable bonds is 5. The van der Waals surface area contributed by atoms with Gasteiger partial charge in [0, 0.05) is 39.8 Å². The van der Waals surface area contributed by atoms with Gasteiger partial charge in [0.2, 0.25) is 5.91 Å². The van der Waals surface area contributed by atoms with Gasteiger partial charge in [0.05, 0.1) is 11.6 Å². The van der Waals surface area contributed by atoms with Gasteiger partial charge in [0.1, 0.15) is 0 Å². The van der Waals surface area contributed by atoms with E-state index in [1.54, 1.807) is 4.90 Å². The molecule has 1 aliphatic carbocycles. The van der Waals surface area contributed by atoms with Crippen LogP contribution < -0.4 is 0 Å². The van der Waals surface area contributed by atoms with Gasteiger partial charge in [0.15, 0.2) is 0 Å². The van der Waals surface area contributed by atoms with Crippen molar-refractivity contribution in [3.8, 4) is 0 Å². The predicted octanol–water partition coefficient (Wildman–Crippen LogP) is 0.776. The fourth-order valence-electron chi connectivity index (χ4n) is 3.45. The fourth-order valence-corrected chi connectivity index (χ4v) is 3.45. The molecule has 2 aliphatic rings. The van der Waals surface area contributed by atoms with E-state index in [1.807, 2.05) is 14.0 Å². The molecular formula is C16H31N3O2. The number of likely N-dealkylation sites (N-methyl/N-ethyl adjacent to an activating group) is 2. The summed E-state index contributed by atoms with van der Waals surface area (Å²) in [4.78, 5) is 18.9. The molecule has 0 aromatic carbocycles. The minimum Gasteiger partial charge on any atom is -0.390 e. The molecule has 1 saturated carbocycles. The van der Waals surface area contributed by atoms with Crippen LogP contribution in [-0.4, -0.2) is 84.2 Å². The molecule has 5 heteroatoms. The number of nitrogens with zero attached hydrogens (tertiary/aromatic N) is 3. The molecule has 0 aromatic rings. The van der Waals surface area contributed by atoms with Crippen molar-refractivity contribution in [2.45, 2.75) is 50.7 Å². The lowest BCUT2D eigenvalue weighted by Crippen LogP contribution is -2.53. The molecule has 21 heavy (non-hydrogen) atoms. The maximum Gasteiger partial charge on any atom is 0.239 e. The van der Waals surface area contributed by atoms with Gasteiger partial charge in [-0.25, -0.2) is 0 Å². The maximum absolute atomic E-state index is 12.5. The third kappa shape index (κ3) is 4.41. The number of carbonyl (C=O) groups is 1. The van der Waals surface area contributed by atoms with Crippen molar-refractivity contribution in [1.29, 1.82) is 0 Å². The van der Waals surface area contributed by atoms with Crippen molar-refractivity contribution in [1.82, 2.24) is 14.7 Å². The highest BCUT2D eigenvalue weighted by molar-refractivity contribution is 5.81. The summed E-state index contributed by atoms with van der Waals surface area (Å²) in [6.45, 7) is 6.65. The minimum atomic E-state index is -0.522. The summed E-state index contributed by atoms with van der Waals surface area (Å²) in [7, 11) is 3.99. The van der Waals surface area contributed by atoms with Gasteiger partial charge < -0.3 is 14.9 Å². The molecule has 1 unspecified atom stereocenters. The van der Waals surface area contributed by atoms with E-state index in [4.69, 9.17) is 0 Å². The first kappa shape index (κ1) is 16.7. The highest BCUT2D eigenvalue weighted by Gasteiger charge is 2.32. The highest BCUT2D eigenvalue weighted by Crippen LogP contribution is 2.32. The Bertz CT molecular complexity index is 347. The molecule has 5 nitrogen and oxygen atoms in total. The van der Waals surface area contributed by atoms with E-state index in [9.17, 15) is 9.90 Å². The Morgan fingerprint density at radius 3 is 2.38 bits per heavy atom. The van der Waals surface area contributed by atoms with Crippen LogP contribution in [0.5, 0.6) is 0 Å². The van der Waals surface area contributed by atoms with E-state index in [0.717, 1.165) is 51.9 Å². The van der Waals surface area contributed by atoms with Gasteiger partial charge in [-0.15, -0.1) is 0 Å². The van der Waals surface area contributed by atoms with Gasteiger partial charge in [-0.2, -0.15) is 0 Å². The number of hydrogen-bond donors (Lipinski definition) is 1. The Morgan fingerprint density at radius 1 is 1.24 bits per heavy atom. The molecule has 0 spiro atoms. The summed E-state index contributed by atoms with van der Waals surface area (Å²) >= 11 is 0. The largest absolute Gasteiger partial charge is 0.390 e. The molecule has 122 valence electrons. The van der Waals surface area contributed by atoms with Crippen molar-refractivity contribution in [2.24, 2.45) is 0 Å². The van der Waals surface area contributed by atoms with Gasteiger partial charge in [-0.1, -0.05) is 12.8 Å². The Balaban J connectivity index is 1.78. The molecule has 1 heterocycles. The second-order valence-electron chi connectivity index (χ2n) is 6.96. The SMILES string of the molecule is CC(C(=O)N(C)CCC1(O)CCCC1)N1CCN(C)CC1. The monoisotopic (exact) mass is 297 g/mol. The topological polar surface area (TPSA) is 47.0 Å². The second-order valence-corrected chi connectivity index (χ2v) is 6.96. The van der Waals surface area contributed by atoms with Gasteiger partial charge in [0.25, 0.3) is 0 Å². The first-order valence-electron chi connectivity index (χ1n) is 8.31. The molecule has 0 radical (unpaired) electrons. The predicted molar refractivity (Wildman–Crippen MR) is 84.2 cm³/mol. The van der Waals surface area contributed by atoms with Gasteiger partial charge in [-0.3, -0.25) is 9.69 Å². The summed E-state index contributed by atoms with van der Waals surface area (Å²) in [5.41, 5.74) is -0.522. The average molecular weight is 297 g/mol. The van der Waals surface area contributed by atoms with Crippen LogP contribution in [0.2, 0.25) is 0 Å². The van der Waals surface area contributed by atoms with Crippen molar-refractivity contribution >= 4 is 5.91 Å². The Morgan fingerprint density at radius 2 is 1.81 bits per heavy atom. The van der Waals surface area contributed by atoms with Crippen molar-refractivity contribution < 1.29 is 9.90 Å². The van der Waals surface area contributed by atoms with Crippen molar-refractivity contribution in [2.75, 3.05) is 46.8 Å². The Kier molecular flexibility index (Phi) is 5.63. The second kappa shape index (κ2) is 7.07. The van der Waals surface area contributed by atoms with E-state index < -0.39 is 5.60 Å². The lowest BCUT2D eigenvalue weighted by molar-refractivity contribution is -0.136. The third-order valence-electron chi connectivity index (χ3n) is 5.27. The molecule has 0 aromatic heterocycles. The number of carbonyl (C=O) groups excluding carboxylic acids is 1. The molecule has 2 rings (SSSR count). The highest BCUT2D eigenvalue weighted by atomic mass is 16.3. The zero-order valence-electron chi connectivity index (χ0n) is 13.8. The summed E-state index contributed by atoms with van der Waals surface area (Å²) in [5.74, 6) is 0.182. The number of hydrogen-bond acceptors (Lipinski definition) is 4. The smallest absolute Gasteiger partial charge is 0.239 e. The molecule has 1 aliphatic heterocycles. The normalized spacial score (nSPS) is 25.0. The lowest BCUT2D eigenvalue weighted by atomic mass is 9.98. The summed E-state index contributed by atoms with van der Waals surface area (Å²) < 4.78 is 0. The summed E-state index contributed by atoms with van der Waals surface area (Å²) in [5, 5.41) is 10.4. The Hall–Kier alpha value is -0.650. The molecular weight excluding hydrogens is 266 g/mol. The molecule has 1 amide bonds. The summed E-state index contributed by atoms with van der Waals surface area (Å²) in [6, 6.07) is -0.0538. The standard InChI is InChI=1S/C16H31N3O2/c1-14(19-12-10-17(2)11-13-19)15(20)18(3)9-8-16(21)6-4-5-7-16/h14,21H,4-13H2,1-3H3. The van der Waals surface area contributed by atoms with Crippen molar-refractivity contribution in [3.63, 3.8) is 0 Å². The van der Waals surface area contributed by atoms with E-state index >= 15 is 0 Å². The Labute approximate surface area is 128 Å². The zero-order valence-corrected chi connectivity index (χ0v) is 13.8. The van der Waals surface area contributed by atoms with E-state index in [1.165, 1.54) is 0 Å². The van der Waals surface area contributed by atoms with E-state index in [0.29, 0.717) is 13.0 Å². The molecule has 1 atom stereocenters. The number of piperazine rings is 1. The van der Waals surface area contributed by atoms with Crippen LogP contribution in [0, 0.1) is 0 Å². The van der Waals surface area contributed by atoms with Crippen LogP contribution in [-0.2, 0) is 4.79 Å². The van der Waals surface area contributed by atoms with E-state index in [2.05, 4.69) is 16.8 Å².